The fourth-order valence-electron chi connectivity index (χ4n) is 2.30. The Kier molecular flexibility index (Phi) is 5.18. The van der Waals surface area contributed by atoms with Crippen molar-refractivity contribution in [3.05, 3.63) is 71.0 Å². The average Bonchev–Trinajstić information content (AvgIpc) is 2.61. The molecule has 2 aromatic carbocycles. The van der Waals surface area contributed by atoms with Gasteiger partial charge >= 0.3 is 0 Å². The lowest BCUT2D eigenvalue weighted by Gasteiger charge is -2.09. The molecular weight excluding hydrogens is 311 g/mol. The fourth-order valence-corrected chi connectivity index (χ4v) is 2.30. The molecule has 3 rings (SSSR count). The smallest absolute Gasteiger partial charge is 0.261 e. The maximum absolute atomic E-state index is 13.3. The summed E-state index contributed by atoms with van der Waals surface area (Å²) in [6, 6.07) is 13.4. The number of halogens is 1. The van der Waals surface area contributed by atoms with E-state index in [-0.39, 0.29) is 17.9 Å². The molecular formula is C18H17FN2O3. The van der Waals surface area contributed by atoms with Crippen LogP contribution in [0.2, 0.25) is 0 Å². The predicted molar refractivity (Wildman–Crippen MR) is 88.7 cm³/mol. The van der Waals surface area contributed by atoms with E-state index in [0.29, 0.717) is 30.7 Å². The molecule has 0 aliphatic carbocycles. The van der Waals surface area contributed by atoms with E-state index in [0.717, 1.165) is 0 Å². The molecule has 0 bridgehead atoms. The van der Waals surface area contributed by atoms with Crippen LogP contribution in [0, 0.1) is 5.82 Å². The molecule has 0 spiro atoms. The van der Waals surface area contributed by atoms with Crippen molar-refractivity contribution in [1.29, 1.82) is 0 Å². The van der Waals surface area contributed by atoms with E-state index in [1.54, 1.807) is 30.3 Å². The molecule has 0 amide bonds. The summed E-state index contributed by atoms with van der Waals surface area (Å²) in [4.78, 5) is 16.5. The van der Waals surface area contributed by atoms with Gasteiger partial charge in [-0.25, -0.2) is 9.37 Å². The largest absolute Gasteiger partial charge is 0.488 e. The Labute approximate surface area is 138 Å². The van der Waals surface area contributed by atoms with E-state index in [1.165, 1.54) is 17.0 Å². The summed E-state index contributed by atoms with van der Waals surface area (Å²) < 4.78 is 25.6. The van der Waals surface area contributed by atoms with Crippen molar-refractivity contribution < 1.29 is 13.9 Å². The molecule has 0 saturated carbocycles. The van der Waals surface area contributed by atoms with Gasteiger partial charge in [0.2, 0.25) is 0 Å². The van der Waals surface area contributed by atoms with Crippen molar-refractivity contribution in [2.45, 2.75) is 6.54 Å². The van der Waals surface area contributed by atoms with E-state index in [2.05, 4.69) is 4.98 Å². The van der Waals surface area contributed by atoms with Gasteiger partial charge < -0.3 is 9.47 Å². The first-order chi connectivity index (χ1) is 11.8. The molecule has 24 heavy (non-hydrogen) atoms. The number of aromatic nitrogens is 2. The van der Waals surface area contributed by atoms with Gasteiger partial charge in [0.1, 0.15) is 6.61 Å². The van der Waals surface area contributed by atoms with Crippen molar-refractivity contribution >= 4 is 10.9 Å². The highest BCUT2D eigenvalue weighted by Crippen LogP contribution is 2.14. The third kappa shape index (κ3) is 3.78. The summed E-state index contributed by atoms with van der Waals surface area (Å²) in [5, 5.41) is 0.586. The third-order valence-electron chi connectivity index (χ3n) is 3.53. The number of benzene rings is 2. The van der Waals surface area contributed by atoms with Crippen LogP contribution < -0.4 is 10.3 Å². The fraction of sp³-hybridized carbons (Fsp3) is 0.222. The minimum Gasteiger partial charge on any atom is -0.488 e. The van der Waals surface area contributed by atoms with E-state index in [4.69, 9.17) is 9.47 Å². The van der Waals surface area contributed by atoms with Crippen molar-refractivity contribution in [1.82, 2.24) is 9.55 Å². The quantitative estimate of drug-likeness (QED) is 0.626. The molecule has 3 aromatic rings. The maximum atomic E-state index is 13.3. The Bertz CT molecular complexity index is 879. The van der Waals surface area contributed by atoms with Gasteiger partial charge in [-0.1, -0.05) is 24.3 Å². The highest BCUT2D eigenvalue weighted by Gasteiger charge is 2.03. The van der Waals surface area contributed by atoms with Crippen LogP contribution >= 0.6 is 0 Å². The lowest BCUT2D eigenvalue weighted by molar-refractivity contribution is 0.0925. The Morgan fingerprint density at radius 1 is 1.00 bits per heavy atom. The highest BCUT2D eigenvalue weighted by atomic mass is 19.1. The van der Waals surface area contributed by atoms with Crippen molar-refractivity contribution in [3.63, 3.8) is 0 Å². The van der Waals surface area contributed by atoms with Crippen LogP contribution in [-0.4, -0.2) is 29.4 Å². The summed E-state index contributed by atoms with van der Waals surface area (Å²) in [7, 11) is 0. The van der Waals surface area contributed by atoms with Crippen LogP contribution in [0.15, 0.2) is 59.7 Å². The van der Waals surface area contributed by atoms with Crippen molar-refractivity contribution in [3.8, 4) is 5.75 Å². The van der Waals surface area contributed by atoms with Crippen molar-refractivity contribution in [2.24, 2.45) is 0 Å². The first kappa shape index (κ1) is 16.1. The number of nitrogens with zero attached hydrogens (tertiary/aromatic N) is 2. The molecule has 1 heterocycles. The lowest BCUT2D eigenvalue weighted by atomic mass is 10.2. The molecule has 0 N–H and O–H groups in total. The third-order valence-corrected chi connectivity index (χ3v) is 3.53. The Balaban J connectivity index is 1.46. The maximum Gasteiger partial charge on any atom is 0.261 e. The molecule has 0 saturated heterocycles. The second-order valence-corrected chi connectivity index (χ2v) is 5.15. The Hall–Kier alpha value is -2.73. The van der Waals surface area contributed by atoms with Crippen molar-refractivity contribution in [2.75, 3.05) is 19.8 Å². The number of fused-ring (bicyclic) bond motifs is 1. The average molecular weight is 328 g/mol. The molecule has 5 nitrogen and oxygen atoms in total. The summed E-state index contributed by atoms with van der Waals surface area (Å²) in [6.45, 7) is 1.30. The number of ether oxygens (including phenoxy) is 2. The van der Waals surface area contributed by atoms with Crippen LogP contribution in [0.1, 0.15) is 0 Å². The van der Waals surface area contributed by atoms with Gasteiger partial charge in [-0.15, -0.1) is 0 Å². The molecule has 6 heteroatoms. The van der Waals surface area contributed by atoms with Gasteiger partial charge in [-0.05, 0) is 24.3 Å². The van der Waals surface area contributed by atoms with Gasteiger partial charge in [0.15, 0.2) is 11.6 Å². The molecule has 124 valence electrons. The Morgan fingerprint density at radius 3 is 2.67 bits per heavy atom. The summed E-state index contributed by atoms with van der Waals surface area (Å²) in [5.41, 5.74) is 0.588. The zero-order chi connectivity index (χ0) is 16.8. The molecule has 0 radical (unpaired) electrons. The summed E-state index contributed by atoms with van der Waals surface area (Å²) >= 11 is 0. The lowest BCUT2D eigenvalue weighted by Crippen LogP contribution is -2.23. The predicted octanol–water partition coefficient (Wildman–Crippen LogP) is 2.63. The van der Waals surface area contributed by atoms with Gasteiger partial charge in [-0.2, -0.15) is 0 Å². The monoisotopic (exact) mass is 328 g/mol. The summed E-state index contributed by atoms with van der Waals surface area (Å²) in [5.74, 6) is -0.192. The van der Waals surface area contributed by atoms with Crippen LogP contribution in [-0.2, 0) is 11.3 Å². The molecule has 1 aromatic heterocycles. The normalized spacial score (nSPS) is 10.9. The van der Waals surface area contributed by atoms with E-state index < -0.39 is 5.82 Å². The van der Waals surface area contributed by atoms with E-state index in [9.17, 15) is 9.18 Å². The van der Waals surface area contributed by atoms with Crippen LogP contribution in [0.4, 0.5) is 4.39 Å². The zero-order valence-corrected chi connectivity index (χ0v) is 13.0. The second kappa shape index (κ2) is 7.70. The molecule has 0 aliphatic rings. The van der Waals surface area contributed by atoms with E-state index >= 15 is 0 Å². The van der Waals surface area contributed by atoms with Gasteiger partial charge in [-0.3, -0.25) is 9.36 Å². The summed E-state index contributed by atoms with van der Waals surface area (Å²) in [6.07, 6.45) is 1.52. The van der Waals surface area contributed by atoms with Gasteiger partial charge in [0, 0.05) is 0 Å². The SMILES string of the molecule is O=c1c2ccccc2ncn1CCOCCOc1ccccc1F. The number of hydrogen-bond acceptors (Lipinski definition) is 4. The van der Waals surface area contributed by atoms with E-state index in [1.807, 2.05) is 12.1 Å². The first-order valence-corrected chi connectivity index (χ1v) is 7.65. The topological polar surface area (TPSA) is 53.4 Å². The minimum atomic E-state index is -0.397. The van der Waals surface area contributed by atoms with Crippen LogP contribution in [0.25, 0.3) is 10.9 Å². The molecule has 0 unspecified atom stereocenters. The number of rotatable bonds is 7. The van der Waals surface area contributed by atoms with Gasteiger partial charge in [0.25, 0.3) is 5.56 Å². The molecule has 0 fully saturated rings. The van der Waals surface area contributed by atoms with Crippen LogP contribution in [0.5, 0.6) is 5.75 Å². The van der Waals surface area contributed by atoms with Crippen LogP contribution in [0.3, 0.4) is 0 Å². The Morgan fingerprint density at radius 2 is 1.79 bits per heavy atom. The molecule has 0 atom stereocenters. The zero-order valence-electron chi connectivity index (χ0n) is 13.0. The highest BCUT2D eigenvalue weighted by molar-refractivity contribution is 5.76. The second-order valence-electron chi connectivity index (χ2n) is 5.15. The minimum absolute atomic E-state index is 0.0909. The standard InChI is InChI=1S/C18H17FN2O3/c19-15-6-2-4-8-17(15)24-12-11-23-10-9-21-13-20-16-7-3-1-5-14(16)18(21)22/h1-8,13H,9-12H2. The van der Waals surface area contributed by atoms with Gasteiger partial charge in [0.05, 0.1) is 37.0 Å². The number of para-hydroxylation sites is 2. The molecule has 0 aliphatic heterocycles. The number of hydrogen-bond donors (Lipinski definition) is 0. The first-order valence-electron chi connectivity index (χ1n) is 7.65.